The van der Waals surface area contributed by atoms with Crippen LogP contribution in [0.25, 0.3) is 0 Å². The van der Waals surface area contributed by atoms with E-state index in [9.17, 15) is 19.8 Å². The Morgan fingerprint density at radius 2 is 0.836 bits per heavy atom. The molecule has 0 rings (SSSR count). The number of nitrogens with one attached hydrogen (secondary N) is 1. The van der Waals surface area contributed by atoms with E-state index in [0.29, 0.717) is 19.4 Å². The smallest absolute Gasteiger partial charge is 0.305 e. The number of carbonyl (C=O) groups excluding carboxylic acids is 2. The molecule has 0 spiro atoms. The maximum absolute atomic E-state index is 12.4. The normalized spacial score (nSPS) is 13.0. The number of rotatable bonds is 48. The van der Waals surface area contributed by atoms with E-state index in [4.69, 9.17) is 4.74 Å². The van der Waals surface area contributed by atoms with E-state index in [0.717, 1.165) is 83.5 Å². The van der Waals surface area contributed by atoms with Crippen molar-refractivity contribution in [2.75, 3.05) is 13.2 Å². The van der Waals surface area contributed by atoms with E-state index < -0.39 is 12.1 Å². The molecule has 0 aromatic carbocycles. The van der Waals surface area contributed by atoms with Crippen molar-refractivity contribution in [3.8, 4) is 0 Å². The topological polar surface area (TPSA) is 95.9 Å². The standard InChI is InChI=1S/C55H101NO5/c1-3-5-7-9-11-13-15-16-17-21-24-28-31-35-39-43-47-53(58)52(51-57)56-54(59)48-44-40-36-32-29-25-22-19-18-20-23-26-30-34-38-42-46-50-61-55(60)49-45-41-37-33-27-14-12-10-8-6-4-2/h10,12,18,20,26,30,43,47,52-53,57-58H,3-9,11,13-17,19,21-25,27-29,31-42,44-46,48-51H2,1-2H3,(H,56,59)/b12-10-,20-18-,30-26-,47-43+. The summed E-state index contributed by atoms with van der Waals surface area (Å²) in [6, 6.07) is -0.640. The minimum absolute atomic E-state index is 0.0283. The first-order valence-electron chi connectivity index (χ1n) is 26.4. The van der Waals surface area contributed by atoms with Crippen LogP contribution in [0.2, 0.25) is 0 Å². The molecule has 2 atom stereocenters. The molecule has 1 amide bonds. The van der Waals surface area contributed by atoms with Gasteiger partial charge in [-0.2, -0.15) is 0 Å². The summed E-state index contributed by atoms with van der Waals surface area (Å²) in [6.45, 7) is 4.81. The van der Waals surface area contributed by atoms with Crippen molar-refractivity contribution in [1.29, 1.82) is 0 Å². The first kappa shape index (κ1) is 58.8. The summed E-state index contributed by atoms with van der Waals surface area (Å²) >= 11 is 0. The molecule has 0 aromatic rings. The van der Waals surface area contributed by atoms with Crippen molar-refractivity contribution in [2.24, 2.45) is 0 Å². The summed E-state index contributed by atoms with van der Waals surface area (Å²) in [5.41, 5.74) is 0. The fraction of sp³-hybridized carbons (Fsp3) is 0.818. The number of hydrogen-bond acceptors (Lipinski definition) is 5. The Balaban J connectivity index is 3.56. The molecule has 6 heteroatoms. The molecule has 6 nitrogen and oxygen atoms in total. The van der Waals surface area contributed by atoms with Gasteiger partial charge in [-0.1, -0.05) is 210 Å². The Labute approximate surface area is 378 Å². The lowest BCUT2D eigenvalue weighted by Crippen LogP contribution is -2.45. The number of amides is 1. The first-order chi connectivity index (χ1) is 30.0. The van der Waals surface area contributed by atoms with Gasteiger partial charge in [0.2, 0.25) is 5.91 Å². The van der Waals surface area contributed by atoms with Crippen molar-refractivity contribution < 1.29 is 24.5 Å². The summed E-state index contributed by atoms with van der Waals surface area (Å²) < 4.78 is 5.42. The zero-order chi connectivity index (χ0) is 44.4. The van der Waals surface area contributed by atoms with E-state index >= 15 is 0 Å². The van der Waals surface area contributed by atoms with Gasteiger partial charge in [0.1, 0.15) is 0 Å². The quantitative estimate of drug-likeness (QED) is 0.0322. The molecule has 0 bridgehead atoms. The monoisotopic (exact) mass is 856 g/mol. The number of esters is 1. The summed E-state index contributed by atoms with van der Waals surface area (Å²) in [5.74, 6) is -0.113. The number of hydrogen-bond donors (Lipinski definition) is 3. The number of carbonyl (C=O) groups is 2. The molecule has 356 valence electrons. The van der Waals surface area contributed by atoms with Gasteiger partial charge in [-0.05, 0) is 89.9 Å². The highest BCUT2D eigenvalue weighted by Gasteiger charge is 2.18. The highest BCUT2D eigenvalue weighted by Crippen LogP contribution is 2.15. The van der Waals surface area contributed by atoms with Crippen molar-refractivity contribution in [2.45, 2.75) is 276 Å². The first-order valence-corrected chi connectivity index (χ1v) is 26.4. The van der Waals surface area contributed by atoms with Gasteiger partial charge < -0.3 is 20.3 Å². The average Bonchev–Trinajstić information content (AvgIpc) is 3.26. The van der Waals surface area contributed by atoms with Crippen LogP contribution in [-0.4, -0.2) is 47.4 Å². The van der Waals surface area contributed by atoms with Crippen molar-refractivity contribution in [1.82, 2.24) is 5.32 Å². The van der Waals surface area contributed by atoms with Crippen LogP contribution in [0.4, 0.5) is 0 Å². The van der Waals surface area contributed by atoms with E-state index in [1.54, 1.807) is 6.08 Å². The van der Waals surface area contributed by atoms with Gasteiger partial charge in [0.15, 0.2) is 0 Å². The highest BCUT2D eigenvalue weighted by atomic mass is 16.5. The van der Waals surface area contributed by atoms with Crippen LogP contribution in [0, 0.1) is 0 Å². The van der Waals surface area contributed by atoms with Gasteiger partial charge in [-0.3, -0.25) is 9.59 Å². The van der Waals surface area contributed by atoms with Crippen LogP contribution in [0.15, 0.2) is 48.6 Å². The number of aliphatic hydroxyl groups is 2. The van der Waals surface area contributed by atoms with Gasteiger partial charge in [0.05, 0.1) is 25.4 Å². The molecule has 0 heterocycles. The van der Waals surface area contributed by atoms with Crippen LogP contribution < -0.4 is 5.32 Å². The van der Waals surface area contributed by atoms with Gasteiger partial charge in [0.25, 0.3) is 0 Å². The molecule has 0 aliphatic carbocycles. The lowest BCUT2D eigenvalue weighted by molar-refractivity contribution is -0.143. The third kappa shape index (κ3) is 47.1. The Kier molecular flexibility index (Phi) is 48.7. The molecule has 0 aliphatic heterocycles. The second-order valence-electron chi connectivity index (χ2n) is 17.8. The van der Waals surface area contributed by atoms with Crippen molar-refractivity contribution in [3.05, 3.63) is 48.6 Å². The molecular formula is C55H101NO5. The third-order valence-electron chi connectivity index (χ3n) is 11.8. The van der Waals surface area contributed by atoms with Gasteiger partial charge in [-0.15, -0.1) is 0 Å². The summed E-state index contributed by atoms with van der Waals surface area (Å²) in [4.78, 5) is 24.4. The third-order valence-corrected chi connectivity index (χ3v) is 11.8. The molecule has 0 radical (unpaired) electrons. The number of ether oxygens (including phenoxy) is 1. The average molecular weight is 856 g/mol. The maximum Gasteiger partial charge on any atom is 0.305 e. The van der Waals surface area contributed by atoms with Crippen LogP contribution >= 0.6 is 0 Å². The molecule has 2 unspecified atom stereocenters. The van der Waals surface area contributed by atoms with Crippen LogP contribution in [-0.2, 0) is 14.3 Å². The molecule has 0 aliphatic rings. The van der Waals surface area contributed by atoms with Crippen LogP contribution in [0.1, 0.15) is 264 Å². The Hall–Kier alpha value is -2.18. The summed E-state index contributed by atoms with van der Waals surface area (Å²) in [5, 5.41) is 23.1. The molecule has 61 heavy (non-hydrogen) atoms. The fourth-order valence-electron chi connectivity index (χ4n) is 7.70. The lowest BCUT2D eigenvalue weighted by atomic mass is 10.0. The molecule has 0 saturated carbocycles. The van der Waals surface area contributed by atoms with Crippen LogP contribution in [0.5, 0.6) is 0 Å². The van der Waals surface area contributed by atoms with Crippen LogP contribution in [0.3, 0.4) is 0 Å². The highest BCUT2D eigenvalue weighted by molar-refractivity contribution is 5.76. The lowest BCUT2D eigenvalue weighted by Gasteiger charge is -2.20. The maximum atomic E-state index is 12.4. The number of allylic oxidation sites excluding steroid dienone is 7. The summed E-state index contributed by atoms with van der Waals surface area (Å²) in [7, 11) is 0. The molecular weight excluding hydrogens is 755 g/mol. The largest absolute Gasteiger partial charge is 0.466 e. The molecule has 0 fully saturated rings. The zero-order valence-electron chi connectivity index (χ0n) is 40.4. The van der Waals surface area contributed by atoms with Crippen molar-refractivity contribution in [3.63, 3.8) is 0 Å². The Bertz CT molecular complexity index is 1040. The van der Waals surface area contributed by atoms with Gasteiger partial charge >= 0.3 is 5.97 Å². The SMILES string of the molecule is CCCC/C=C\CCCCCCCC(=O)OCCCCC/C=C\C/C=C\CCCCCCCCCC(=O)NC(CO)C(O)/C=C/CCCCCCCCCCCCCCCC. The predicted molar refractivity (Wildman–Crippen MR) is 264 cm³/mol. The Morgan fingerprint density at radius 3 is 1.31 bits per heavy atom. The molecule has 0 aromatic heterocycles. The van der Waals surface area contributed by atoms with Gasteiger partial charge in [-0.25, -0.2) is 0 Å². The van der Waals surface area contributed by atoms with E-state index in [-0.39, 0.29) is 18.5 Å². The van der Waals surface area contributed by atoms with E-state index in [2.05, 4.69) is 55.6 Å². The Morgan fingerprint density at radius 1 is 0.459 bits per heavy atom. The number of aliphatic hydroxyl groups excluding tert-OH is 2. The van der Waals surface area contributed by atoms with E-state index in [1.807, 2.05) is 6.08 Å². The molecule has 0 saturated heterocycles. The predicted octanol–water partition coefficient (Wildman–Crippen LogP) is 15.8. The minimum Gasteiger partial charge on any atom is -0.466 e. The van der Waals surface area contributed by atoms with Crippen molar-refractivity contribution >= 4 is 11.9 Å². The number of unbranched alkanes of at least 4 members (excludes halogenated alkanes) is 31. The zero-order valence-corrected chi connectivity index (χ0v) is 40.4. The van der Waals surface area contributed by atoms with Gasteiger partial charge in [0, 0.05) is 12.8 Å². The second-order valence-corrected chi connectivity index (χ2v) is 17.8. The molecule has 3 N–H and O–H groups in total. The summed E-state index contributed by atoms with van der Waals surface area (Å²) in [6.07, 6.45) is 62.6. The van der Waals surface area contributed by atoms with E-state index in [1.165, 1.54) is 154 Å². The fourth-order valence-corrected chi connectivity index (χ4v) is 7.70. The second kappa shape index (κ2) is 50.5. The minimum atomic E-state index is -0.855.